The number of hydrogen-bond acceptors (Lipinski definition) is 5. The molecule has 0 aliphatic carbocycles. The summed E-state index contributed by atoms with van der Waals surface area (Å²) in [4.78, 5) is 0.194. The average molecular weight is 259 g/mol. The van der Waals surface area contributed by atoms with Crippen LogP contribution in [-0.2, 0) is 14.8 Å². The lowest BCUT2D eigenvalue weighted by Gasteiger charge is -2.11. The van der Waals surface area contributed by atoms with Crippen LogP contribution in [0, 0.1) is 0 Å². The van der Waals surface area contributed by atoms with E-state index in [4.69, 9.17) is 10.6 Å². The van der Waals surface area contributed by atoms with Crippen LogP contribution in [0.4, 0.5) is 5.69 Å². The summed E-state index contributed by atoms with van der Waals surface area (Å²) in [5.74, 6) is 5.19. The van der Waals surface area contributed by atoms with Gasteiger partial charge >= 0.3 is 0 Å². The third-order valence-electron chi connectivity index (χ3n) is 2.29. The molecule has 1 aromatic carbocycles. The Morgan fingerprint density at radius 1 is 1.35 bits per heavy atom. The average Bonchev–Trinajstić information content (AvgIpc) is 2.36. The predicted octanol–water partition coefficient (Wildman–Crippen LogP) is 0.285. The highest BCUT2D eigenvalue weighted by molar-refractivity contribution is 7.89. The number of methoxy groups -OCH3 is 1. The molecule has 0 radical (unpaired) electrons. The van der Waals surface area contributed by atoms with Gasteiger partial charge in [-0.25, -0.2) is 13.1 Å². The summed E-state index contributed by atoms with van der Waals surface area (Å²) in [5, 5.41) is 0. The first-order valence-electron chi connectivity index (χ1n) is 5.08. The van der Waals surface area contributed by atoms with Crippen LogP contribution in [0.15, 0.2) is 29.2 Å². The maximum absolute atomic E-state index is 11.8. The Morgan fingerprint density at radius 2 is 1.94 bits per heavy atom. The molecular formula is C10H17N3O3S. The van der Waals surface area contributed by atoms with E-state index < -0.39 is 10.0 Å². The van der Waals surface area contributed by atoms with Crippen molar-refractivity contribution in [2.45, 2.75) is 17.9 Å². The lowest BCUT2D eigenvalue weighted by atomic mass is 10.3. The van der Waals surface area contributed by atoms with Gasteiger partial charge in [0, 0.05) is 19.3 Å². The van der Waals surface area contributed by atoms with Crippen molar-refractivity contribution in [1.82, 2.24) is 4.72 Å². The van der Waals surface area contributed by atoms with Crippen LogP contribution in [0.2, 0.25) is 0 Å². The number of anilines is 1. The second kappa shape index (κ2) is 5.97. The van der Waals surface area contributed by atoms with Gasteiger partial charge < -0.3 is 10.2 Å². The topological polar surface area (TPSA) is 93.4 Å². The van der Waals surface area contributed by atoms with Gasteiger partial charge in [0.1, 0.15) is 0 Å². The fourth-order valence-electron chi connectivity index (χ4n) is 1.12. The third kappa shape index (κ3) is 3.97. The number of benzene rings is 1. The lowest BCUT2D eigenvalue weighted by Crippen LogP contribution is -2.31. The number of nitrogen functional groups attached to an aromatic ring is 1. The molecule has 4 N–H and O–H groups in total. The van der Waals surface area contributed by atoms with Crippen molar-refractivity contribution in [2.24, 2.45) is 5.84 Å². The van der Waals surface area contributed by atoms with Crippen molar-refractivity contribution in [3.05, 3.63) is 24.3 Å². The van der Waals surface area contributed by atoms with Crippen LogP contribution in [-0.4, -0.2) is 28.2 Å². The molecule has 0 saturated carbocycles. The Balaban J connectivity index is 2.75. The van der Waals surface area contributed by atoms with Gasteiger partial charge in [0.15, 0.2) is 0 Å². The standard InChI is InChI=1S/C10H17N3O3S/c1-8(16-2)7-12-17(14,15)10-5-3-9(13-11)4-6-10/h3-6,8,12-13H,7,11H2,1-2H3. The van der Waals surface area contributed by atoms with Gasteiger partial charge in [-0.3, -0.25) is 5.84 Å². The summed E-state index contributed by atoms with van der Waals surface area (Å²) >= 11 is 0. The van der Waals surface area contributed by atoms with Crippen molar-refractivity contribution in [3.8, 4) is 0 Å². The molecular weight excluding hydrogens is 242 g/mol. The van der Waals surface area contributed by atoms with Gasteiger partial charge in [-0.2, -0.15) is 0 Å². The zero-order chi connectivity index (χ0) is 12.9. The fourth-order valence-corrected chi connectivity index (χ4v) is 2.24. The quantitative estimate of drug-likeness (QED) is 0.504. The predicted molar refractivity (Wildman–Crippen MR) is 65.9 cm³/mol. The number of nitrogens with two attached hydrogens (primary N) is 1. The molecule has 0 heterocycles. The number of nitrogens with one attached hydrogen (secondary N) is 2. The van der Waals surface area contributed by atoms with E-state index in [1.807, 2.05) is 0 Å². The summed E-state index contributed by atoms with van der Waals surface area (Å²) < 4.78 is 31.1. The van der Waals surface area contributed by atoms with Crippen molar-refractivity contribution < 1.29 is 13.2 Å². The molecule has 1 unspecified atom stereocenters. The van der Waals surface area contributed by atoms with Crippen LogP contribution < -0.4 is 16.0 Å². The second-order valence-corrected chi connectivity index (χ2v) is 5.33. The molecule has 96 valence electrons. The van der Waals surface area contributed by atoms with E-state index in [0.717, 1.165) is 0 Å². The van der Waals surface area contributed by atoms with E-state index in [0.29, 0.717) is 5.69 Å². The third-order valence-corrected chi connectivity index (χ3v) is 3.73. The first-order chi connectivity index (χ1) is 7.99. The molecule has 0 spiro atoms. The molecule has 0 bridgehead atoms. The van der Waals surface area contributed by atoms with Crippen LogP contribution in [0.3, 0.4) is 0 Å². The Labute approximate surface area is 101 Å². The number of hydrazine groups is 1. The lowest BCUT2D eigenvalue weighted by molar-refractivity contribution is 0.122. The first kappa shape index (κ1) is 13.9. The molecule has 7 heteroatoms. The van der Waals surface area contributed by atoms with Crippen molar-refractivity contribution in [3.63, 3.8) is 0 Å². The van der Waals surface area contributed by atoms with E-state index in [-0.39, 0.29) is 17.5 Å². The maximum Gasteiger partial charge on any atom is 0.240 e. The van der Waals surface area contributed by atoms with E-state index >= 15 is 0 Å². The van der Waals surface area contributed by atoms with Gasteiger partial charge in [-0.05, 0) is 31.2 Å². The number of ether oxygens (including phenoxy) is 1. The van der Waals surface area contributed by atoms with Crippen LogP contribution in [0.1, 0.15) is 6.92 Å². The van der Waals surface area contributed by atoms with Crippen LogP contribution in [0.25, 0.3) is 0 Å². The van der Waals surface area contributed by atoms with Crippen molar-refractivity contribution in [1.29, 1.82) is 0 Å². The zero-order valence-electron chi connectivity index (χ0n) is 9.80. The minimum absolute atomic E-state index is 0.172. The summed E-state index contributed by atoms with van der Waals surface area (Å²) in [7, 11) is -1.96. The van der Waals surface area contributed by atoms with Crippen LogP contribution in [0.5, 0.6) is 0 Å². The number of hydrogen-bond donors (Lipinski definition) is 3. The highest BCUT2D eigenvalue weighted by atomic mass is 32.2. The summed E-state index contributed by atoms with van der Waals surface area (Å²) in [6.45, 7) is 2.01. The number of rotatable bonds is 6. The van der Waals surface area contributed by atoms with Gasteiger partial charge in [0.25, 0.3) is 0 Å². The zero-order valence-corrected chi connectivity index (χ0v) is 10.6. The molecule has 0 aromatic heterocycles. The fraction of sp³-hybridized carbons (Fsp3) is 0.400. The Hall–Kier alpha value is -1.15. The molecule has 6 nitrogen and oxygen atoms in total. The minimum atomic E-state index is -3.49. The van der Waals surface area contributed by atoms with E-state index in [1.165, 1.54) is 19.2 Å². The molecule has 0 saturated heterocycles. The molecule has 1 aromatic rings. The normalized spacial score (nSPS) is 13.4. The number of sulfonamides is 1. The Morgan fingerprint density at radius 3 is 2.41 bits per heavy atom. The molecule has 17 heavy (non-hydrogen) atoms. The van der Waals surface area contributed by atoms with E-state index in [1.54, 1.807) is 19.1 Å². The van der Waals surface area contributed by atoms with E-state index in [9.17, 15) is 8.42 Å². The van der Waals surface area contributed by atoms with Gasteiger partial charge in [0.05, 0.1) is 11.0 Å². The van der Waals surface area contributed by atoms with Crippen molar-refractivity contribution >= 4 is 15.7 Å². The molecule has 0 amide bonds. The summed E-state index contributed by atoms with van der Waals surface area (Å²) in [6, 6.07) is 6.15. The van der Waals surface area contributed by atoms with Gasteiger partial charge in [-0.1, -0.05) is 0 Å². The Kier molecular flexibility index (Phi) is 4.88. The first-order valence-corrected chi connectivity index (χ1v) is 6.57. The molecule has 1 atom stereocenters. The van der Waals surface area contributed by atoms with Gasteiger partial charge in [-0.15, -0.1) is 0 Å². The van der Waals surface area contributed by atoms with Gasteiger partial charge in [0.2, 0.25) is 10.0 Å². The SMILES string of the molecule is COC(C)CNS(=O)(=O)c1ccc(NN)cc1. The van der Waals surface area contributed by atoms with Crippen molar-refractivity contribution in [2.75, 3.05) is 19.1 Å². The molecule has 1 rings (SSSR count). The monoisotopic (exact) mass is 259 g/mol. The molecule has 0 aliphatic heterocycles. The summed E-state index contributed by atoms with van der Waals surface area (Å²) in [6.07, 6.45) is -0.172. The maximum atomic E-state index is 11.8. The Bertz CT molecular complexity index is 444. The molecule has 0 fully saturated rings. The highest BCUT2D eigenvalue weighted by Gasteiger charge is 2.14. The highest BCUT2D eigenvalue weighted by Crippen LogP contribution is 2.12. The van der Waals surface area contributed by atoms with E-state index in [2.05, 4.69) is 10.1 Å². The minimum Gasteiger partial charge on any atom is -0.380 e. The summed E-state index contributed by atoms with van der Waals surface area (Å²) in [5.41, 5.74) is 3.08. The second-order valence-electron chi connectivity index (χ2n) is 3.57. The molecule has 0 aliphatic rings. The smallest absolute Gasteiger partial charge is 0.240 e. The largest absolute Gasteiger partial charge is 0.380 e. The van der Waals surface area contributed by atoms with Crippen LogP contribution >= 0.6 is 0 Å².